The second-order valence-corrected chi connectivity index (χ2v) is 31.2. The zero-order valence-electron chi connectivity index (χ0n) is 68.5. The van der Waals surface area contributed by atoms with Crippen LogP contribution in [0, 0.1) is 0 Å². The molecule has 109 heavy (non-hydrogen) atoms. The van der Waals surface area contributed by atoms with E-state index in [0.717, 1.165) is 0 Å². The fourth-order valence-corrected chi connectivity index (χ4v) is 8.89. The van der Waals surface area contributed by atoms with E-state index >= 15 is 0 Å². The highest BCUT2D eigenvalue weighted by Gasteiger charge is 2.34. The number of rotatable bonds is 58. The van der Waals surface area contributed by atoms with Crippen LogP contribution in [-0.4, -0.2) is 274 Å². The lowest BCUT2D eigenvalue weighted by Gasteiger charge is -2.27. The normalized spacial score (nSPS) is 13.1. The molecule has 0 bridgehead atoms. The number of hydrogen-bond acceptors (Lipinski definition) is 27. The highest BCUT2D eigenvalue weighted by Crippen LogP contribution is 2.18. The molecule has 0 unspecified atom stereocenters. The molecule has 9 N–H and O–H groups in total. The third-order valence-electron chi connectivity index (χ3n) is 13.5. The summed E-state index contributed by atoms with van der Waals surface area (Å²) in [5.74, 6) is -5.04. The molecule has 0 aliphatic heterocycles. The van der Waals surface area contributed by atoms with E-state index in [2.05, 4.69) is 47.9 Å². The molecule has 0 spiro atoms. The summed E-state index contributed by atoms with van der Waals surface area (Å²) in [5, 5.41) is 24.1. The van der Waals surface area contributed by atoms with Gasteiger partial charge in [0.15, 0.2) is 0 Å². The minimum atomic E-state index is -1.22. The lowest BCUT2D eigenvalue weighted by molar-refractivity contribution is -0.160. The second kappa shape index (κ2) is 56.1. The van der Waals surface area contributed by atoms with Crippen LogP contribution in [-0.2, 0) is 114 Å². The first-order valence-corrected chi connectivity index (χ1v) is 37.7. The van der Waals surface area contributed by atoms with Crippen LogP contribution in [0.4, 0.5) is 9.59 Å². The maximum absolute atomic E-state index is 13.2. The first-order valence-electron chi connectivity index (χ1n) is 37.7. The number of hydrogen-bond donors (Lipinski definition) is 9. The van der Waals surface area contributed by atoms with Crippen LogP contribution in [0.25, 0.3) is 0 Å². The van der Waals surface area contributed by atoms with Gasteiger partial charge in [-0.25, -0.2) is 28.8 Å². The van der Waals surface area contributed by atoms with Gasteiger partial charge in [-0.1, -0.05) is 0 Å². The van der Waals surface area contributed by atoms with Gasteiger partial charge < -0.3 is 109 Å². The van der Waals surface area contributed by atoms with E-state index in [1.807, 2.05) is 0 Å². The summed E-state index contributed by atoms with van der Waals surface area (Å²) in [6.45, 7) is 36.0. The van der Waals surface area contributed by atoms with E-state index in [-0.39, 0.29) is 141 Å². The Labute approximate surface area is 645 Å². The molecule has 632 valence electrons. The van der Waals surface area contributed by atoms with E-state index in [0.29, 0.717) is 105 Å². The molecule has 35 heteroatoms. The Kier molecular flexibility index (Phi) is 52.5. The molecule has 4 atom stereocenters. The Morgan fingerprint density at radius 3 is 0.734 bits per heavy atom. The smallest absolute Gasteiger partial charge is 0.329 e. The van der Waals surface area contributed by atoms with Gasteiger partial charge in [0.25, 0.3) is 0 Å². The van der Waals surface area contributed by atoms with Crippen molar-refractivity contribution in [3.63, 3.8) is 0 Å². The van der Waals surface area contributed by atoms with Gasteiger partial charge in [-0.05, 0) is 176 Å². The van der Waals surface area contributed by atoms with Crippen LogP contribution in [0.5, 0.6) is 0 Å². The number of carbonyl (C=O) groups is 12. The van der Waals surface area contributed by atoms with Crippen molar-refractivity contribution in [3.8, 4) is 0 Å². The maximum atomic E-state index is 13.2. The number of urea groups is 2. The largest absolute Gasteiger partial charge is 0.460 e. The Balaban J connectivity index is 4.08. The number of amides is 8. The number of nitrogens with one attached hydrogen (secondary N) is 9. The Bertz CT molecular complexity index is 2490. The number of ether oxygens (including phenoxy) is 14. The Hall–Kier alpha value is -7.12. The Morgan fingerprint density at radius 2 is 0.477 bits per heavy atom. The molecule has 0 fully saturated rings. The lowest BCUT2D eigenvalue weighted by Crippen LogP contribution is -2.53. The molecule has 35 nitrogen and oxygen atoms in total. The summed E-state index contributed by atoms with van der Waals surface area (Å²) >= 11 is 0. The molecule has 0 saturated heterocycles. The SMILES string of the molecule is CC(C)(C)OC(=O)CC[C@H](NC(=O)N[C@@H](CCCCNC(=O)CCOCCOCCOCCOCCNC(=O)CNCC(=O)NCCOCCOCCOCCOCCC(=O)NCCCC[C@H](NC(=O)N[C@@H](CCC(=O)OC(C)(C)C)C(=O)OC(C)(C)C)C(=O)OC(C)(C)C)C(=O)OC(C)(C)C)C(=O)OC(C)(C)C. The quantitative estimate of drug-likeness (QED) is 0.0236. The minimum absolute atomic E-state index is 0.0636. The number of esters is 6. The summed E-state index contributed by atoms with van der Waals surface area (Å²) in [6, 6.07) is -6.27. The van der Waals surface area contributed by atoms with Crippen LogP contribution in [0.15, 0.2) is 0 Å². The summed E-state index contributed by atoms with van der Waals surface area (Å²) < 4.78 is 76.8. The van der Waals surface area contributed by atoms with Crippen LogP contribution < -0.4 is 47.9 Å². The molecule has 0 heterocycles. The number of unbranched alkanes of at least 4 members (excludes halogenated alkanes) is 2. The van der Waals surface area contributed by atoms with E-state index < -0.39 is 106 Å². The number of carbonyl (C=O) groups excluding carboxylic acids is 12. The van der Waals surface area contributed by atoms with Crippen LogP contribution in [0.2, 0.25) is 0 Å². The predicted molar refractivity (Wildman–Crippen MR) is 400 cm³/mol. The van der Waals surface area contributed by atoms with Crippen LogP contribution >= 0.6 is 0 Å². The van der Waals surface area contributed by atoms with Crippen molar-refractivity contribution < 1.29 is 124 Å². The molecule has 0 aliphatic carbocycles. The fourth-order valence-electron chi connectivity index (χ4n) is 8.89. The molecule has 0 aromatic carbocycles. The monoisotopic (exact) mass is 1570 g/mol. The molecule has 0 radical (unpaired) electrons. The summed E-state index contributed by atoms with van der Waals surface area (Å²) in [7, 11) is 0. The van der Waals surface area contributed by atoms with Crippen molar-refractivity contribution in [2.75, 3.05) is 145 Å². The average Bonchev–Trinajstić information content (AvgIpc) is 0.877. The van der Waals surface area contributed by atoms with Crippen molar-refractivity contribution in [2.24, 2.45) is 0 Å². The molecular formula is C74H135N9O26. The van der Waals surface area contributed by atoms with Gasteiger partial charge >= 0.3 is 47.9 Å². The van der Waals surface area contributed by atoms with Crippen molar-refractivity contribution >= 4 is 71.5 Å². The van der Waals surface area contributed by atoms with Crippen LogP contribution in [0.1, 0.15) is 202 Å². The fraction of sp³-hybridized carbons (Fsp3) is 0.838. The molecule has 0 aliphatic rings. The first-order chi connectivity index (χ1) is 50.8. The van der Waals surface area contributed by atoms with Crippen LogP contribution in [0.3, 0.4) is 0 Å². The van der Waals surface area contributed by atoms with Gasteiger partial charge in [-0.3, -0.25) is 34.1 Å². The van der Waals surface area contributed by atoms with Crippen molar-refractivity contribution in [1.29, 1.82) is 0 Å². The summed E-state index contributed by atoms with van der Waals surface area (Å²) in [4.78, 5) is 153. The van der Waals surface area contributed by atoms with Gasteiger partial charge in [-0.15, -0.1) is 0 Å². The molecule has 8 amide bonds. The topological polar surface area (TPSA) is 442 Å². The van der Waals surface area contributed by atoms with Gasteiger partial charge in [0.2, 0.25) is 23.6 Å². The third-order valence-corrected chi connectivity index (χ3v) is 13.5. The molecular weight excluding hydrogens is 1430 g/mol. The second-order valence-electron chi connectivity index (χ2n) is 31.2. The lowest BCUT2D eigenvalue weighted by atomic mass is 10.1. The van der Waals surface area contributed by atoms with Gasteiger partial charge in [0.05, 0.1) is 119 Å². The standard InChI is InChI=1S/C74H135N9O26/c1-69(2,3)104-61(88)27-25-55(65(92)108-73(13,14)15)82-67(94)80-53(63(90)106-71(7,8)9)23-19-21-31-76-57(84)29-35-96-39-43-100-47-49-102-45-41-98-37-33-78-59(86)51-75-52-60(87)79-34-38-99-42-46-103-50-48-101-44-40-97-36-30-58(85)77-32-22-20-24-54(64(91)107-72(10,11)12)81-68(95)83-56(66(93)109-74(16,17)18)26-28-62(89)105-70(4,5)6/h53-56,75H,19-52H2,1-18H3,(H,76,84)(H,77,85)(H,78,86)(H,79,87)(H2,80,82,94)(H2,81,83,95)/t53-,54-,55-,56-/m0/s1. The highest BCUT2D eigenvalue weighted by atomic mass is 16.6. The van der Waals surface area contributed by atoms with E-state index in [4.69, 9.17) is 66.3 Å². The van der Waals surface area contributed by atoms with Crippen molar-refractivity contribution in [2.45, 2.75) is 259 Å². The van der Waals surface area contributed by atoms with E-state index in [1.165, 1.54) is 0 Å². The summed E-state index contributed by atoms with van der Waals surface area (Å²) in [5.41, 5.74) is -4.93. The molecule has 0 rings (SSSR count). The first kappa shape index (κ1) is 102. The predicted octanol–water partition coefficient (Wildman–Crippen LogP) is 3.98. The summed E-state index contributed by atoms with van der Waals surface area (Å²) in [6.07, 6.45) is 1.84. The van der Waals surface area contributed by atoms with Gasteiger partial charge in [0, 0.05) is 51.9 Å². The third kappa shape index (κ3) is 65.3. The highest BCUT2D eigenvalue weighted by molar-refractivity contribution is 5.89. The van der Waals surface area contributed by atoms with E-state index in [9.17, 15) is 57.5 Å². The average molecular weight is 1570 g/mol. The van der Waals surface area contributed by atoms with Crippen molar-refractivity contribution in [3.05, 3.63) is 0 Å². The van der Waals surface area contributed by atoms with Gasteiger partial charge in [-0.2, -0.15) is 0 Å². The van der Waals surface area contributed by atoms with Crippen molar-refractivity contribution in [1.82, 2.24) is 47.9 Å². The van der Waals surface area contributed by atoms with E-state index in [1.54, 1.807) is 125 Å². The molecule has 0 aromatic rings. The molecule has 0 aromatic heterocycles. The zero-order chi connectivity index (χ0) is 82.5. The minimum Gasteiger partial charge on any atom is -0.460 e. The maximum Gasteiger partial charge on any atom is 0.329 e. The molecule has 0 saturated carbocycles. The van der Waals surface area contributed by atoms with Gasteiger partial charge in [0.1, 0.15) is 57.8 Å². The zero-order valence-corrected chi connectivity index (χ0v) is 68.5. The Morgan fingerprint density at radius 1 is 0.248 bits per heavy atom.